The number of nitrogens with one attached hydrogen (secondary N) is 2. The van der Waals surface area contributed by atoms with Crippen LogP contribution in [-0.2, 0) is 14.8 Å². The van der Waals surface area contributed by atoms with Crippen molar-refractivity contribution in [1.29, 1.82) is 0 Å². The number of thiophene rings is 1. The maximum atomic E-state index is 13.6. The van der Waals surface area contributed by atoms with E-state index in [-0.39, 0.29) is 4.90 Å². The number of carbonyl (C=O) groups is 1. The predicted molar refractivity (Wildman–Crippen MR) is 133 cm³/mol. The molecule has 0 spiro atoms. The van der Waals surface area contributed by atoms with Crippen molar-refractivity contribution >= 4 is 38.7 Å². The first kappa shape index (κ1) is 22.1. The maximum absolute atomic E-state index is 13.6. The van der Waals surface area contributed by atoms with Crippen LogP contribution >= 0.6 is 11.3 Å². The molecule has 3 heterocycles. The Balaban J connectivity index is 1.54. The second kappa shape index (κ2) is 8.54. The first-order valence-corrected chi connectivity index (χ1v) is 12.8. The van der Waals surface area contributed by atoms with Gasteiger partial charge in [0.25, 0.3) is 15.9 Å². The molecule has 4 aromatic rings. The van der Waals surface area contributed by atoms with E-state index in [0.717, 1.165) is 20.3 Å². The van der Waals surface area contributed by atoms with Crippen molar-refractivity contribution in [2.45, 2.75) is 18.7 Å². The molecule has 0 radical (unpaired) electrons. The van der Waals surface area contributed by atoms with E-state index < -0.39 is 22.5 Å². The molecule has 0 bridgehead atoms. The van der Waals surface area contributed by atoms with Crippen LogP contribution in [0.4, 0.5) is 5.69 Å². The number of sulfonamides is 1. The second-order valence-corrected chi connectivity index (χ2v) is 10.6. The highest BCUT2D eigenvalue weighted by Gasteiger charge is 2.39. The number of nitrogens with zero attached hydrogens (tertiary/aromatic N) is 3. The zero-order chi connectivity index (χ0) is 23.9. The van der Waals surface area contributed by atoms with Gasteiger partial charge in [-0.2, -0.15) is 10.2 Å². The second-order valence-electron chi connectivity index (χ2n) is 7.83. The average molecular weight is 492 g/mol. The molecule has 0 atom stereocenters. The molecule has 172 valence electrons. The number of hydrazone groups is 1. The molecule has 0 fully saturated rings. The van der Waals surface area contributed by atoms with Gasteiger partial charge in [-0.25, -0.2) is 13.8 Å². The lowest BCUT2D eigenvalue weighted by Gasteiger charge is -2.29. The van der Waals surface area contributed by atoms with Gasteiger partial charge in [-0.3, -0.25) is 14.2 Å². The molecule has 1 aliphatic heterocycles. The van der Waals surface area contributed by atoms with E-state index in [1.165, 1.54) is 17.4 Å². The number of anilines is 1. The van der Waals surface area contributed by atoms with Gasteiger partial charge in [0.2, 0.25) is 0 Å². The minimum absolute atomic E-state index is 0.118. The van der Waals surface area contributed by atoms with Gasteiger partial charge < -0.3 is 0 Å². The molecule has 0 unspecified atom stereocenters. The molecule has 0 aliphatic carbocycles. The average Bonchev–Trinajstić information content (AvgIpc) is 3.47. The van der Waals surface area contributed by atoms with Gasteiger partial charge in [0.15, 0.2) is 0 Å². The van der Waals surface area contributed by atoms with Gasteiger partial charge in [0.05, 0.1) is 21.2 Å². The number of hydrogen-bond acceptors (Lipinski definition) is 6. The molecule has 1 aliphatic rings. The summed E-state index contributed by atoms with van der Waals surface area (Å²) in [5.41, 5.74) is 6.82. The number of fused-ring (bicyclic) bond motifs is 3. The van der Waals surface area contributed by atoms with Crippen molar-refractivity contribution in [3.8, 4) is 22.5 Å². The van der Waals surface area contributed by atoms with E-state index in [0.29, 0.717) is 28.4 Å². The van der Waals surface area contributed by atoms with Crippen LogP contribution < -0.4 is 9.73 Å². The van der Waals surface area contributed by atoms with Crippen LogP contribution in [0.25, 0.3) is 22.5 Å². The van der Waals surface area contributed by atoms with Crippen LogP contribution in [0, 0.1) is 6.92 Å². The van der Waals surface area contributed by atoms with Crippen molar-refractivity contribution in [3.05, 3.63) is 76.5 Å². The van der Waals surface area contributed by atoms with Gasteiger partial charge in [0.1, 0.15) is 17.9 Å². The van der Waals surface area contributed by atoms with Crippen LogP contribution in [-0.4, -0.2) is 36.8 Å². The van der Waals surface area contributed by atoms with Crippen LogP contribution in [0.1, 0.15) is 17.4 Å². The molecular weight excluding hydrogens is 470 g/mol. The Morgan fingerprint density at radius 1 is 1.12 bits per heavy atom. The van der Waals surface area contributed by atoms with Crippen molar-refractivity contribution in [3.63, 3.8) is 0 Å². The highest BCUT2D eigenvalue weighted by molar-refractivity contribution is 7.93. The van der Waals surface area contributed by atoms with Crippen LogP contribution in [0.2, 0.25) is 0 Å². The van der Waals surface area contributed by atoms with Gasteiger partial charge in [-0.1, -0.05) is 48.5 Å². The number of hydrogen-bond donors (Lipinski definition) is 2. The van der Waals surface area contributed by atoms with Crippen LogP contribution in [0.15, 0.2) is 76.0 Å². The minimum atomic E-state index is -4.01. The highest BCUT2D eigenvalue weighted by atomic mass is 32.2. The molecule has 0 saturated carbocycles. The fourth-order valence-electron chi connectivity index (χ4n) is 3.97. The topological polar surface area (TPSA) is 108 Å². The summed E-state index contributed by atoms with van der Waals surface area (Å²) in [5.74, 6) is -0.553. The third-order valence-corrected chi connectivity index (χ3v) is 8.52. The van der Waals surface area contributed by atoms with Gasteiger partial charge in [-0.15, -0.1) is 11.3 Å². The molecule has 5 rings (SSSR count). The first-order chi connectivity index (χ1) is 16.4. The van der Waals surface area contributed by atoms with E-state index in [1.807, 2.05) is 48.7 Å². The normalized spacial score (nSPS) is 14.4. The van der Waals surface area contributed by atoms with E-state index in [1.54, 1.807) is 25.1 Å². The predicted octanol–water partition coefficient (Wildman–Crippen LogP) is 4.16. The molecular formula is C24H21N5O3S2. The van der Waals surface area contributed by atoms with Gasteiger partial charge in [0, 0.05) is 11.1 Å². The number of benzene rings is 2. The smallest absolute Gasteiger partial charge is 0.265 e. The lowest BCUT2D eigenvalue weighted by Crippen LogP contribution is -2.41. The van der Waals surface area contributed by atoms with Gasteiger partial charge >= 0.3 is 0 Å². The SMILES string of the molecule is C/C(=N\NC(=O)CN1c2c(-c3ccccc3)n[nH]c2-c2ccccc2S1(=O)=O)c1sccc1C. The van der Waals surface area contributed by atoms with Crippen molar-refractivity contribution in [2.24, 2.45) is 5.10 Å². The summed E-state index contributed by atoms with van der Waals surface area (Å²) in [6, 6.07) is 17.9. The summed E-state index contributed by atoms with van der Waals surface area (Å²) in [4.78, 5) is 14.0. The third-order valence-electron chi connectivity index (χ3n) is 5.59. The quantitative estimate of drug-likeness (QED) is 0.323. The lowest BCUT2D eigenvalue weighted by molar-refractivity contribution is -0.119. The molecule has 2 aromatic heterocycles. The Morgan fingerprint density at radius 3 is 2.59 bits per heavy atom. The summed E-state index contributed by atoms with van der Waals surface area (Å²) < 4.78 is 28.4. The standard InChI is InChI=1S/C24H21N5O3S2/c1-15-12-13-33-24(15)16(2)25-26-20(30)14-29-23-21(17-8-4-3-5-9-17)27-28-22(23)18-10-6-7-11-19(18)34(29,31)32/h3-13H,14H2,1-2H3,(H,26,30)(H,27,28)/b25-16+. The molecule has 2 N–H and O–H groups in total. The molecule has 8 nitrogen and oxygen atoms in total. The molecule has 34 heavy (non-hydrogen) atoms. The van der Waals surface area contributed by atoms with E-state index >= 15 is 0 Å². The van der Waals surface area contributed by atoms with Crippen LogP contribution in [0.5, 0.6) is 0 Å². The Bertz CT molecular complexity index is 1510. The Labute approximate surface area is 201 Å². The number of carbonyl (C=O) groups excluding carboxylic acids is 1. The zero-order valence-corrected chi connectivity index (χ0v) is 20.1. The van der Waals surface area contributed by atoms with Crippen molar-refractivity contribution < 1.29 is 13.2 Å². The lowest BCUT2D eigenvalue weighted by atomic mass is 10.1. The summed E-state index contributed by atoms with van der Waals surface area (Å²) in [7, 11) is -4.01. The molecule has 1 amide bonds. The van der Waals surface area contributed by atoms with Gasteiger partial charge in [-0.05, 0) is 36.9 Å². The Kier molecular flexibility index (Phi) is 5.54. The van der Waals surface area contributed by atoms with Crippen molar-refractivity contribution in [1.82, 2.24) is 15.6 Å². The Hall–Kier alpha value is -3.76. The number of rotatable bonds is 5. The van der Waals surface area contributed by atoms with E-state index in [9.17, 15) is 13.2 Å². The third kappa shape index (κ3) is 3.70. The maximum Gasteiger partial charge on any atom is 0.265 e. The van der Waals surface area contributed by atoms with E-state index in [4.69, 9.17) is 0 Å². The Morgan fingerprint density at radius 2 is 1.85 bits per heavy atom. The summed E-state index contributed by atoms with van der Waals surface area (Å²) in [6.07, 6.45) is 0. The fraction of sp³-hybridized carbons (Fsp3) is 0.125. The number of aromatic nitrogens is 2. The zero-order valence-electron chi connectivity index (χ0n) is 18.4. The number of aryl methyl sites for hydroxylation is 1. The highest BCUT2D eigenvalue weighted by Crippen LogP contribution is 2.46. The molecule has 2 aromatic carbocycles. The summed E-state index contributed by atoms with van der Waals surface area (Å²) >= 11 is 1.53. The summed E-state index contributed by atoms with van der Waals surface area (Å²) in [5, 5.41) is 13.5. The number of amides is 1. The molecule has 0 saturated heterocycles. The van der Waals surface area contributed by atoms with Crippen LogP contribution in [0.3, 0.4) is 0 Å². The largest absolute Gasteiger partial charge is 0.275 e. The number of aromatic amines is 1. The minimum Gasteiger partial charge on any atom is -0.275 e. The first-order valence-electron chi connectivity index (χ1n) is 10.5. The monoisotopic (exact) mass is 491 g/mol. The summed E-state index contributed by atoms with van der Waals surface area (Å²) in [6.45, 7) is 3.33. The number of H-pyrrole nitrogens is 1. The molecule has 10 heteroatoms. The van der Waals surface area contributed by atoms with Crippen molar-refractivity contribution in [2.75, 3.05) is 10.8 Å². The fourth-order valence-corrected chi connectivity index (χ4v) is 6.49. The van der Waals surface area contributed by atoms with E-state index in [2.05, 4.69) is 20.7 Å².